The minimum Gasteiger partial charge on any atom is -0.488 e. The van der Waals surface area contributed by atoms with E-state index < -0.39 is 0 Å². The van der Waals surface area contributed by atoms with Gasteiger partial charge >= 0.3 is 0 Å². The zero-order valence-corrected chi connectivity index (χ0v) is 11.3. The number of pyridine rings is 1. The second-order valence-corrected chi connectivity index (χ2v) is 4.74. The largest absolute Gasteiger partial charge is 0.488 e. The van der Waals surface area contributed by atoms with Gasteiger partial charge in [-0.05, 0) is 25.0 Å². The molecule has 0 spiro atoms. The molecule has 0 aliphatic heterocycles. The molecule has 0 amide bonds. The first-order chi connectivity index (χ1) is 10.3. The normalized spacial score (nSPS) is 14.7. The van der Waals surface area contributed by atoms with Gasteiger partial charge in [-0.3, -0.25) is 0 Å². The standard InChI is InChI=1S/C16H13N3O2/c17-9-15-11(3-2-8-18-15)10-21-16-5-1-4-12-13(16)6-7-14(12)19-20/h1-5,8,20H,6-7,10H2. The van der Waals surface area contributed by atoms with Gasteiger partial charge < -0.3 is 9.94 Å². The fraction of sp³-hybridized carbons (Fsp3) is 0.188. The minimum atomic E-state index is 0.290. The Kier molecular flexibility index (Phi) is 3.52. The molecule has 0 bridgehead atoms. The van der Waals surface area contributed by atoms with E-state index in [4.69, 9.17) is 15.2 Å². The zero-order valence-electron chi connectivity index (χ0n) is 11.3. The van der Waals surface area contributed by atoms with Crippen LogP contribution in [0.2, 0.25) is 0 Å². The lowest BCUT2D eigenvalue weighted by Gasteiger charge is -2.11. The van der Waals surface area contributed by atoms with E-state index in [2.05, 4.69) is 16.2 Å². The minimum absolute atomic E-state index is 0.290. The smallest absolute Gasteiger partial charge is 0.147 e. The molecule has 1 heterocycles. The van der Waals surface area contributed by atoms with Gasteiger partial charge in [-0.1, -0.05) is 23.4 Å². The van der Waals surface area contributed by atoms with Crippen molar-refractivity contribution in [1.82, 2.24) is 4.98 Å². The zero-order chi connectivity index (χ0) is 14.7. The van der Waals surface area contributed by atoms with Crippen LogP contribution in [-0.2, 0) is 13.0 Å². The number of rotatable bonds is 3. The first-order valence-corrected chi connectivity index (χ1v) is 6.63. The van der Waals surface area contributed by atoms with Crippen LogP contribution in [0.15, 0.2) is 41.7 Å². The number of nitrogens with zero attached hydrogens (tertiary/aromatic N) is 3. The van der Waals surface area contributed by atoms with E-state index in [9.17, 15) is 0 Å². The summed E-state index contributed by atoms with van der Waals surface area (Å²) in [6.07, 6.45) is 3.10. The van der Waals surface area contributed by atoms with Crippen molar-refractivity contribution in [2.24, 2.45) is 5.16 Å². The van der Waals surface area contributed by atoms with Crippen molar-refractivity contribution in [3.05, 3.63) is 58.9 Å². The Labute approximate surface area is 122 Å². The maximum atomic E-state index is 9.03. The molecular weight excluding hydrogens is 266 g/mol. The maximum absolute atomic E-state index is 9.03. The molecule has 1 aliphatic rings. The van der Waals surface area contributed by atoms with E-state index in [1.54, 1.807) is 12.3 Å². The van der Waals surface area contributed by atoms with Gasteiger partial charge in [-0.15, -0.1) is 0 Å². The van der Waals surface area contributed by atoms with Gasteiger partial charge in [0.2, 0.25) is 0 Å². The molecule has 0 saturated heterocycles. The van der Waals surface area contributed by atoms with Crippen molar-refractivity contribution < 1.29 is 9.94 Å². The Bertz CT molecular complexity index is 747. The summed E-state index contributed by atoms with van der Waals surface area (Å²) in [5.41, 5.74) is 3.80. The Morgan fingerprint density at radius 1 is 1.29 bits per heavy atom. The second kappa shape index (κ2) is 5.63. The van der Waals surface area contributed by atoms with Crippen LogP contribution in [-0.4, -0.2) is 15.9 Å². The number of oxime groups is 1. The fourth-order valence-corrected chi connectivity index (χ4v) is 2.52. The Hall–Kier alpha value is -2.87. The van der Waals surface area contributed by atoms with Crippen molar-refractivity contribution in [3.63, 3.8) is 0 Å². The first-order valence-electron chi connectivity index (χ1n) is 6.63. The molecule has 21 heavy (non-hydrogen) atoms. The summed E-state index contributed by atoms with van der Waals surface area (Å²) in [6, 6.07) is 11.4. The van der Waals surface area contributed by atoms with Gasteiger partial charge in [-0.25, -0.2) is 4.98 Å². The lowest BCUT2D eigenvalue weighted by Crippen LogP contribution is -2.02. The van der Waals surface area contributed by atoms with E-state index in [1.807, 2.05) is 24.3 Å². The highest BCUT2D eigenvalue weighted by Crippen LogP contribution is 2.31. The third-order valence-electron chi connectivity index (χ3n) is 3.56. The summed E-state index contributed by atoms with van der Waals surface area (Å²) in [7, 11) is 0. The molecule has 0 atom stereocenters. The first kappa shape index (κ1) is 13.1. The average Bonchev–Trinajstić information content (AvgIpc) is 2.96. The van der Waals surface area contributed by atoms with Gasteiger partial charge in [0, 0.05) is 22.9 Å². The highest BCUT2D eigenvalue weighted by molar-refractivity contribution is 6.04. The van der Waals surface area contributed by atoms with Crippen LogP contribution in [0.1, 0.15) is 28.8 Å². The number of nitriles is 1. The van der Waals surface area contributed by atoms with E-state index in [0.29, 0.717) is 24.4 Å². The summed E-state index contributed by atoms with van der Waals surface area (Å²) in [6.45, 7) is 0.290. The lowest BCUT2D eigenvalue weighted by molar-refractivity contribution is 0.302. The van der Waals surface area contributed by atoms with Crippen molar-refractivity contribution in [2.75, 3.05) is 0 Å². The number of aromatic nitrogens is 1. The number of hydrogen-bond acceptors (Lipinski definition) is 5. The summed E-state index contributed by atoms with van der Waals surface area (Å²) >= 11 is 0. The van der Waals surface area contributed by atoms with E-state index >= 15 is 0 Å². The summed E-state index contributed by atoms with van der Waals surface area (Å²) in [5.74, 6) is 0.763. The van der Waals surface area contributed by atoms with E-state index in [-0.39, 0.29) is 0 Å². The van der Waals surface area contributed by atoms with Crippen LogP contribution in [0.3, 0.4) is 0 Å². The van der Waals surface area contributed by atoms with Crippen LogP contribution in [0.25, 0.3) is 0 Å². The van der Waals surface area contributed by atoms with E-state index in [0.717, 1.165) is 28.9 Å². The van der Waals surface area contributed by atoms with Gasteiger partial charge in [0.15, 0.2) is 0 Å². The SMILES string of the molecule is N#Cc1ncccc1COc1cccc2c1CCC2=NO. The molecule has 5 nitrogen and oxygen atoms in total. The molecule has 0 radical (unpaired) electrons. The highest BCUT2D eigenvalue weighted by atomic mass is 16.5. The molecule has 3 rings (SSSR count). The van der Waals surface area contributed by atoms with Crippen molar-refractivity contribution in [1.29, 1.82) is 5.26 Å². The molecule has 1 N–H and O–H groups in total. The van der Waals surface area contributed by atoms with Gasteiger partial charge in [0.1, 0.15) is 24.1 Å². The monoisotopic (exact) mass is 279 g/mol. The molecule has 1 aliphatic carbocycles. The van der Waals surface area contributed by atoms with Gasteiger partial charge in [0.05, 0.1) is 5.71 Å². The highest BCUT2D eigenvalue weighted by Gasteiger charge is 2.21. The van der Waals surface area contributed by atoms with Crippen LogP contribution in [0.4, 0.5) is 0 Å². The van der Waals surface area contributed by atoms with Crippen molar-refractivity contribution in [3.8, 4) is 11.8 Å². The molecule has 5 heteroatoms. The molecule has 0 unspecified atom stereocenters. The molecule has 2 aromatic rings. The average molecular weight is 279 g/mol. The van der Waals surface area contributed by atoms with Crippen LogP contribution < -0.4 is 4.74 Å². The fourth-order valence-electron chi connectivity index (χ4n) is 2.52. The second-order valence-electron chi connectivity index (χ2n) is 4.74. The number of hydrogen-bond donors (Lipinski definition) is 1. The van der Waals surface area contributed by atoms with Crippen LogP contribution >= 0.6 is 0 Å². The van der Waals surface area contributed by atoms with Crippen molar-refractivity contribution in [2.45, 2.75) is 19.4 Å². The third kappa shape index (κ3) is 2.43. The van der Waals surface area contributed by atoms with Crippen LogP contribution in [0, 0.1) is 11.3 Å². The topological polar surface area (TPSA) is 78.5 Å². The summed E-state index contributed by atoms with van der Waals surface area (Å²) in [4.78, 5) is 4.01. The Morgan fingerprint density at radius 2 is 2.19 bits per heavy atom. The number of fused-ring (bicyclic) bond motifs is 1. The predicted octanol–water partition coefficient (Wildman–Crippen LogP) is 2.66. The van der Waals surface area contributed by atoms with Crippen molar-refractivity contribution >= 4 is 5.71 Å². The van der Waals surface area contributed by atoms with Gasteiger partial charge in [0.25, 0.3) is 0 Å². The van der Waals surface area contributed by atoms with Gasteiger partial charge in [-0.2, -0.15) is 5.26 Å². The van der Waals surface area contributed by atoms with E-state index in [1.165, 1.54) is 0 Å². The summed E-state index contributed by atoms with van der Waals surface area (Å²) < 4.78 is 5.84. The number of benzene rings is 1. The quantitative estimate of drug-likeness (QED) is 0.692. The lowest BCUT2D eigenvalue weighted by atomic mass is 10.1. The maximum Gasteiger partial charge on any atom is 0.147 e. The molecule has 1 aromatic carbocycles. The molecular formula is C16H13N3O2. The molecule has 0 fully saturated rings. The molecule has 1 aromatic heterocycles. The molecule has 0 saturated carbocycles. The Balaban J connectivity index is 1.84. The predicted molar refractivity (Wildman–Crippen MR) is 76.4 cm³/mol. The Morgan fingerprint density at radius 3 is 3.00 bits per heavy atom. The summed E-state index contributed by atoms with van der Waals surface area (Å²) in [5, 5.41) is 21.3. The third-order valence-corrected chi connectivity index (χ3v) is 3.56. The van der Waals surface area contributed by atoms with Crippen LogP contribution in [0.5, 0.6) is 5.75 Å². The molecule has 104 valence electrons. The number of ether oxygens (including phenoxy) is 1.